The molecule has 0 radical (unpaired) electrons. The van der Waals surface area contributed by atoms with Crippen molar-refractivity contribution in [3.63, 3.8) is 0 Å². The first-order valence-electron chi connectivity index (χ1n) is 16.2. The molecule has 2 saturated carbocycles. The summed E-state index contributed by atoms with van der Waals surface area (Å²) < 4.78 is 12.7. The fourth-order valence-corrected chi connectivity index (χ4v) is 7.18. The van der Waals surface area contributed by atoms with Gasteiger partial charge in [-0.1, -0.05) is 97.3 Å². The van der Waals surface area contributed by atoms with Crippen LogP contribution in [-0.4, -0.2) is 18.7 Å². The van der Waals surface area contributed by atoms with Gasteiger partial charge < -0.3 is 9.47 Å². The first-order valence-corrected chi connectivity index (χ1v) is 17.0. The summed E-state index contributed by atoms with van der Waals surface area (Å²) in [6.45, 7) is 5.27. The molecular formula is C34H55BrO3. The van der Waals surface area contributed by atoms with E-state index in [0.717, 1.165) is 53.8 Å². The number of carbonyl (C=O) groups excluding carboxylic acids is 1. The summed E-state index contributed by atoms with van der Waals surface area (Å²) in [6.07, 6.45) is 26.2. The minimum absolute atomic E-state index is 0.0701. The quantitative estimate of drug-likeness (QED) is 0.134. The van der Waals surface area contributed by atoms with E-state index in [1.807, 2.05) is 18.2 Å². The molecule has 0 aromatic heterocycles. The maximum Gasteiger partial charge on any atom is 0.338 e. The van der Waals surface area contributed by atoms with E-state index in [0.29, 0.717) is 5.56 Å². The van der Waals surface area contributed by atoms with Crippen LogP contribution in [0.25, 0.3) is 0 Å². The van der Waals surface area contributed by atoms with Crippen LogP contribution in [0.3, 0.4) is 0 Å². The number of ether oxygens (including phenoxy) is 2. The van der Waals surface area contributed by atoms with Crippen molar-refractivity contribution in [3.05, 3.63) is 28.2 Å². The normalized spacial score (nSPS) is 23.8. The molecule has 2 aliphatic carbocycles. The monoisotopic (exact) mass is 590 g/mol. The Morgan fingerprint density at radius 2 is 1.34 bits per heavy atom. The largest absolute Gasteiger partial charge is 0.492 e. The predicted octanol–water partition coefficient (Wildman–Crippen LogP) is 11.1. The molecule has 0 N–H and O–H groups in total. The van der Waals surface area contributed by atoms with E-state index in [4.69, 9.17) is 9.47 Å². The predicted molar refractivity (Wildman–Crippen MR) is 163 cm³/mol. The Balaban J connectivity index is 1.31. The van der Waals surface area contributed by atoms with Gasteiger partial charge in [0.25, 0.3) is 0 Å². The molecule has 4 heteroatoms. The number of carbonyl (C=O) groups is 1. The molecule has 0 aliphatic heterocycles. The SMILES string of the molecule is CCCCCCCCCOc1ccc(C(=O)OC2CCC(C3CCC(CCCCCC)CC3)CC2)cc1Br. The van der Waals surface area contributed by atoms with E-state index >= 15 is 0 Å². The molecule has 1 aromatic carbocycles. The lowest BCUT2D eigenvalue weighted by Crippen LogP contribution is -2.29. The Hall–Kier alpha value is -1.03. The third kappa shape index (κ3) is 11.2. The summed E-state index contributed by atoms with van der Waals surface area (Å²) >= 11 is 3.60. The zero-order chi connectivity index (χ0) is 27.0. The third-order valence-corrected chi connectivity index (χ3v) is 9.81. The van der Waals surface area contributed by atoms with Crippen molar-refractivity contribution in [3.8, 4) is 5.75 Å². The van der Waals surface area contributed by atoms with E-state index in [1.165, 1.54) is 109 Å². The summed E-state index contributed by atoms with van der Waals surface area (Å²) in [5.74, 6) is 3.34. The Morgan fingerprint density at radius 3 is 1.97 bits per heavy atom. The Labute approximate surface area is 242 Å². The standard InChI is InChI=1S/C34H55BrO3/c1-3-5-7-9-10-11-13-25-37-33-24-21-30(26-32(33)35)34(36)38-31-22-19-29(20-23-31)28-17-15-27(16-18-28)14-12-8-6-4-2/h21,24,26-29,31H,3-20,22-23,25H2,1-2H3. The minimum atomic E-state index is -0.198. The van der Waals surface area contributed by atoms with Gasteiger partial charge in [0, 0.05) is 0 Å². The third-order valence-electron chi connectivity index (χ3n) is 9.19. The summed E-state index contributed by atoms with van der Waals surface area (Å²) in [4.78, 5) is 12.8. The van der Waals surface area contributed by atoms with Crippen molar-refractivity contribution in [1.82, 2.24) is 0 Å². The van der Waals surface area contributed by atoms with Gasteiger partial charge in [0.05, 0.1) is 16.6 Å². The molecule has 3 nitrogen and oxygen atoms in total. The van der Waals surface area contributed by atoms with Crippen molar-refractivity contribution in [1.29, 1.82) is 0 Å². The molecule has 0 heterocycles. The van der Waals surface area contributed by atoms with Crippen LogP contribution in [0.2, 0.25) is 0 Å². The smallest absolute Gasteiger partial charge is 0.338 e. The van der Waals surface area contributed by atoms with Crippen molar-refractivity contribution in [2.24, 2.45) is 17.8 Å². The Bertz CT molecular complexity index is 778. The molecule has 3 rings (SSSR count). The molecule has 1 aromatic rings. The highest BCUT2D eigenvalue weighted by atomic mass is 79.9. The van der Waals surface area contributed by atoms with Gasteiger partial charge in [-0.25, -0.2) is 4.79 Å². The average Bonchev–Trinajstić information content (AvgIpc) is 2.94. The number of hydrogen-bond donors (Lipinski definition) is 0. The van der Waals surface area contributed by atoms with E-state index < -0.39 is 0 Å². The molecule has 0 saturated heterocycles. The highest BCUT2D eigenvalue weighted by Crippen LogP contribution is 2.41. The van der Waals surface area contributed by atoms with Crippen LogP contribution in [0.15, 0.2) is 22.7 Å². The molecule has 0 amide bonds. The van der Waals surface area contributed by atoms with E-state index in [9.17, 15) is 4.79 Å². The Morgan fingerprint density at radius 1 is 0.763 bits per heavy atom. The minimum Gasteiger partial charge on any atom is -0.492 e. The highest BCUT2D eigenvalue weighted by Gasteiger charge is 2.32. The van der Waals surface area contributed by atoms with Gasteiger partial charge in [-0.3, -0.25) is 0 Å². The second-order valence-corrected chi connectivity index (χ2v) is 13.0. The molecule has 0 unspecified atom stereocenters. The maximum absolute atomic E-state index is 12.8. The van der Waals surface area contributed by atoms with Gasteiger partial charge in [-0.05, 0) is 96.8 Å². The molecule has 38 heavy (non-hydrogen) atoms. The molecule has 2 aliphatic rings. The van der Waals surface area contributed by atoms with Gasteiger partial charge in [-0.15, -0.1) is 0 Å². The van der Waals surface area contributed by atoms with Gasteiger partial charge in [-0.2, -0.15) is 0 Å². The summed E-state index contributed by atoms with van der Waals surface area (Å²) in [6, 6.07) is 5.60. The lowest BCUT2D eigenvalue weighted by atomic mass is 9.70. The topological polar surface area (TPSA) is 35.5 Å². The first-order chi connectivity index (χ1) is 18.6. The van der Waals surface area contributed by atoms with E-state index in [2.05, 4.69) is 29.8 Å². The van der Waals surface area contributed by atoms with E-state index in [-0.39, 0.29) is 12.1 Å². The van der Waals surface area contributed by atoms with Crippen LogP contribution in [0, 0.1) is 17.8 Å². The van der Waals surface area contributed by atoms with Crippen molar-refractivity contribution in [2.75, 3.05) is 6.61 Å². The van der Waals surface area contributed by atoms with Crippen molar-refractivity contribution in [2.45, 2.75) is 148 Å². The van der Waals surface area contributed by atoms with Crippen molar-refractivity contribution < 1.29 is 14.3 Å². The van der Waals surface area contributed by atoms with Crippen LogP contribution in [0.1, 0.15) is 153 Å². The number of halogens is 1. The molecule has 0 spiro atoms. The van der Waals surface area contributed by atoms with Crippen LogP contribution < -0.4 is 4.74 Å². The zero-order valence-corrected chi connectivity index (χ0v) is 26.1. The van der Waals surface area contributed by atoms with Crippen LogP contribution in [0.4, 0.5) is 0 Å². The number of esters is 1. The van der Waals surface area contributed by atoms with E-state index in [1.54, 1.807) is 0 Å². The first kappa shape index (κ1) is 31.5. The molecule has 2 fully saturated rings. The van der Waals surface area contributed by atoms with Crippen LogP contribution in [-0.2, 0) is 4.74 Å². The highest BCUT2D eigenvalue weighted by molar-refractivity contribution is 9.10. The average molecular weight is 592 g/mol. The lowest BCUT2D eigenvalue weighted by Gasteiger charge is -2.37. The molecule has 0 atom stereocenters. The number of hydrogen-bond acceptors (Lipinski definition) is 3. The number of rotatable bonds is 17. The summed E-state index contributed by atoms with van der Waals surface area (Å²) in [5, 5.41) is 0. The van der Waals surface area contributed by atoms with Gasteiger partial charge >= 0.3 is 5.97 Å². The fraction of sp³-hybridized carbons (Fsp3) is 0.794. The summed E-state index contributed by atoms with van der Waals surface area (Å²) in [5.41, 5.74) is 0.611. The van der Waals surface area contributed by atoms with Gasteiger partial charge in [0.1, 0.15) is 11.9 Å². The summed E-state index contributed by atoms with van der Waals surface area (Å²) in [7, 11) is 0. The maximum atomic E-state index is 12.8. The molecule has 216 valence electrons. The lowest BCUT2D eigenvalue weighted by molar-refractivity contribution is 0.0109. The van der Waals surface area contributed by atoms with Crippen LogP contribution >= 0.6 is 15.9 Å². The number of unbranched alkanes of at least 4 members (excludes halogenated alkanes) is 9. The van der Waals surface area contributed by atoms with Crippen LogP contribution in [0.5, 0.6) is 5.75 Å². The Kier molecular flexibility index (Phi) is 15.2. The fourth-order valence-electron chi connectivity index (χ4n) is 6.69. The zero-order valence-electron chi connectivity index (χ0n) is 24.5. The molecule has 0 bridgehead atoms. The van der Waals surface area contributed by atoms with Gasteiger partial charge in [0.2, 0.25) is 0 Å². The second-order valence-electron chi connectivity index (χ2n) is 12.2. The van der Waals surface area contributed by atoms with Gasteiger partial charge in [0.15, 0.2) is 0 Å². The van der Waals surface area contributed by atoms with Crippen molar-refractivity contribution >= 4 is 21.9 Å². The second kappa shape index (κ2) is 18.3. The molecular weight excluding hydrogens is 536 g/mol. The number of benzene rings is 1.